The van der Waals surface area contributed by atoms with Crippen molar-refractivity contribution in [3.8, 4) is 0 Å². The first-order chi connectivity index (χ1) is 6.33. The van der Waals surface area contributed by atoms with Crippen molar-refractivity contribution in [2.75, 3.05) is 6.54 Å². The molecule has 1 fully saturated rings. The Kier molecular flexibility index (Phi) is 2.36. The van der Waals surface area contributed by atoms with E-state index in [9.17, 15) is 0 Å². The highest BCUT2D eigenvalue weighted by atomic mass is 15.1. The fourth-order valence-electron chi connectivity index (χ4n) is 1.72. The summed E-state index contributed by atoms with van der Waals surface area (Å²) in [4.78, 5) is 4.40. The maximum absolute atomic E-state index is 4.40. The van der Waals surface area contributed by atoms with E-state index in [0.717, 1.165) is 12.6 Å². The lowest BCUT2D eigenvalue weighted by atomic mass is 10.3. The molecule has 1 N–H and O–H groups in total. The van der Waals surface area contributed by atoms with Crippen molar-refractivity contribution < 1.29 is 0 Å². The first-order valence-electron chi connectivity index (χ1n) is 5.09. The molecule has 0 saturated heterocycles. The van der Waals surface area contributed by atoms with Gasteiger partial charge in [0.1, 0.15) is 5.82 Å². The van der Waals surface area contributed by atoms with Gasteiger partial charge >= 0.3 is 0 Å². The van der Waals surface area contributed by atoms with Gasteiger partial charge in [0, 0.05) is 18.4 Å². The van der Waals surface area contributed by atoms with E-state index in [4.69, 9.17) is 0 Å². The Hall–Kier alpha value is -0.830. The summed E-state index contributed by atoms with van der Waals surface area (Å²) in [5, 5.41) is 3.39. The maximum atomic E-state index is 4.40. The van der Waals surface area contributed by atoms with E-state index in [1.165, 1.54) is 18.7 Å². The van der Waals surface area contributed by atoms with Gasteiger partial charge in [-0.25, -0.2) is 4.98 Å². The number of hydrogen-bond acceptors (Lipinski definition) is 2. The van der Waals surface area contributed by atoms with Gasteiger partial charge in [-0.1, -0.05) is 6.92 Å². The quantitative estimate of drug-likeness (QED) is 0.765. The molecule has 3 nitrogen and oxygen atoms in total. The number of rotatable bonds is 4. The smallest absolute Gasteiger partial charge is 0.125 e. The van der Waals surface area contributed by atoms with Crippen molar-refractivity contribution in [3.63, 3.8) is 0 Å². The van der Waals surface area contributed by atoms with Crippen LogP contribution in [-0.4, -0.2) is 16.1 Å². The van der Waals surface area contributed by atoms with Crippen LogP contribution in [0.4, 0.5) is 0 Å². The third kappa shape index (κ3) is 1.75. The maximum Gasteiger partial charge on any atom is 0.125 e. The second-order valence-electron chi connectivity index (χ2n) is 3.70. The third-order valence-electron chi connectivity index (χ3n) is 2.54. The van der Waals surface area contributed by atoms with Gasteiger partial charge in [-0.2, -0.15) is 0 Å². The minimum atomic E-state index is 0.376. The Labute approximate surface area is 79.2 Å². The fraction of sp³-hybridized carbons (Fsp3) is 0.700. The lowest BCUT2D eigenvalue weighted by Gasteiger charge is -2.13. The lowest BCUT2D eigenvalue weighted by Crippen LogP contribution is -2.21. The number of hydrogen-bond donors (Lipinski definition) is 1. The summed E-state index contributed by atoms with van der Waals surface area (Å²) in [6.45, 7) is 5.30. The van der Waals surface area contributed by atoms with Crippen LogP contribution in [0.5, 0.6) is 0 Å². The van der Waals surface area contributed by atoms with E-state index >= 15 is 0 Å². The number of nitrogens with zero attached hydrogens (tertiary/aromatic N) is 2. The SMILES string of the molecule is CCN[C@H](C)c1nccn1C1CC1. The average Bonchev–Trinajstić information content (AvgIpc) is 2.84. The van der Waals surface area contributed by atoms with E-state index in [2.05, 4.69) is 34.9 Å². The van der Waals surface area contributed by atoms with Crippen LogP contribution in [0.25, 0.3) is 0 Å². The van der Waals surface area contributed by atoms with Crippen LogP contribution in [-0.2, 0) is 0 Å². The third-order valence-corrected chi connectivity index (χ3v) is 2.54. The molecule has 0 aliphatic heterocycles. The molecule has 1 aliphatic carbocycles. The van der Waals surface area contributed by atoms with E-state index in [1.54, 1.807) is 0 Å². The largest absolute Gasteiger partial charge is 0.331 e. The summed E-state index contributed by atoms with van der Waals surface area (Å²) < 4.78 is 2.31. The molecule has 0 spiro atoms. The first kappa shape index (κ1) is 8.75. The van der Waals surface area contributed by atoms with Gasteiger partial charge in [-0.15, -0.1) is 0 Å². The number of aromatic nitrogens is 2. The lowest BCUT2D eigenvalue weighted by molar-refractivity contribution is 0.529. The van der Waals surface area contributed by atoms with Gasteiger partial charge in [0.15, 0.2) is 0 Å². The van der Waals surface area contributed by atoms with Crippen LogP contribution < -0.4 is 5.32 Å². The molecule has 72 valence electrons. The molecule has 0 amide bonds. The normalized spacial score (nSPS) is 18.9. The fourth-order valence-corrected chi connectivity index (χ4v) is 1.72. The molecule has 0 unspecified atom stereocenters. The molecule has 1 heterocycles. The van der Waals surface area contributed by atoms with Gasteiger partial charge in [-0.05, 0) is 26.3 Å². The zero-order chi connectivity index (χ0) is 9.26. The van der Waals surface area contributed by atoms with Crippen LogP contribution in [0, 0.1) is 0 Å². The summed E-state index contributed by atoms with van der Waals surface area (Å²) >= 11 is 0. The predicted molar refractivity (Wildman–Crippen MR) is 52.6 cm³/mol. The number of imidazole rings is 1. The Morgan fingerprint density at radius 2 is 2.46 bits per heavy atom. The van der Waals surface area contributed by atoms with Crippen molar-refractivity contribution in [1.29, 1.82) is 0 Å². The zero-order valence-corrected chi connectivity index (χ0v) is 8.33. The summed E-state index contributed by atoms with van der Waals surface area (Å²) in [6, 6.07) is 1.11. The molecule has 3 heteroatoms. The Balaban J connectivity index is 2.13. The Bertz CT molecular complexity index is 275. The van der Waals surface area contributed by atoms with E-state index < -0.39 is 0 Å². The highest BCUT2D eigenvalue weighted by Crippen LogP contribution is 2.36. The summed E-state index contributed by atoms with van der Waals surface area (Å²) in [5.41, 5.74) is 0. The van der Waals surface area contributed by atoms with Crippen LogP contribution >= 0.6 is 0 Å². The predicted octanol–water partition coefficient (Wildman–Crippen LogP) is 1.89. The second kappa shape index (κ2) is 3.50. The van der Waals surface area contributed by atoms with Crippen molar-refractivity contribution in [2.45, 2.75) is 38.8 Å². The summed E-state index contributed by atoms with van der Waals surface area (Å²) in [6.07, 6.45) is 6.65. The molecule has 1 aliphatic rings. The average molecular weight is 179 g/mol. The molecule has 1 aromatic heterocycles. The minimum Gasteiger partial charge on any atom is -0.331 e. The molecule has 0 bridgehead atoms. The molecule has 1 saturated carbocycles. The van der Waals surface area contributed by atoms with Crippen LogP contribution in [0.15, 0.2) is 12.4 Å². The van der Waals surface area contributed by atoms with Crippen LogP contribution in [0.3, 0.4) is 0 Å². The number of nitrogens with one attached hydrogen (secondary N) is 1. The van der Waals surface area contributed by atoms with E-state index in [1.807, 2.05) is 6.20 Å². The topological polar surface area (TPSA) is 29.9 Å². The van der Waals surface area contributed by atoms with Crippen molar-refractivity contribution in [1.82, 2.24) is 14.9 Å². The summed E-state index contributed by atoms with van der Waals surface area (Å²) in [5.74, 6) is 1.18. The highest BCUT2D eigenvalue weighted by Gasteiger charge is 2.26. The van der Waals surface area contributed by atoms with Gasteiger partial charge in [0.25, 0.3) is 0 Å². The van der Waals surface area contributed by atoms with Gasteiger partial charge in [-0.3, -0.25) is 0 Å². The van der Waals surface area contributed by atoms with Crippen molar-refractivity contribution >= 4 is 0 Å². The Morgan fingerprint density at radius 3 is 3.08 bits per heavy atom. The summed E-state index contributed by atoms with van der Waals surface area (Å²) in [7, 11) is 0. The van der Waals surface area contributed by atoms with Gasteiger partial charge in [0.2, 0.25) is 0 Å². The van der Waals surface area contributed by atoms with Crippen LogP contribution in [0.2, 0.25) is 0 Å². The molecular formula is C10H17N3. The Morgan fingerprint density at radius 1 is 1.69 bits per heavy atom. The molecule has 2 rings (SSSR count). The van der Waals surface area contributed by atoms with Gasteiger partial charge < -0.3 is 9.88 Å². The van der Waals surface area contributed by atoms with Crippen molar-refractivity contribution in [2.24, 2.45) is 0 Å². The second-order valence-corrected chi connectivity index (χ2v) is 3.70. The monoisotopic (exact) mass is 179 g/mol. The molecule has 1 aromatic rings. The van der Waals surface area contributed by atoms with Gasteiger partial charge in [0.05, 0.1) is 6.04 Å². The molecule has 0 aromatic carbocycles. The van der Waals surface area contributed by atoms with Crippen LogP contribution in [0.1, 0.15) is 44.6 Å². The molecule has 0 radical (unpaired) electrons. The van der Waals surface area contributed by atoms with Crippen molar-refractivity contribution in [3.05, 3.63) is 18.2 Å². The molecule has 1 atom stereocenters. The zero-order valence-electron chi connectivity index (χ0n) is 8.33. The molecular weight excluding hydrogens is 162 g/mol. The minimum absolute atomic E-state index is 0.376. The highest BCUT2D eigenvalue weighted by molar-refractivity contribution is 5.03. The molecule has 13 heavy (non-hydrogen) atoms. The first-order valence-corrected chi connectivity index (χ1v) is 5.09. The standard InChI is InChI=1S/C10H17N3/c1-3-11-8(2)10-12-6-7-13(10)9-4-5-9/h6-9,11H,3-5H2,1-2H3/t8-/m1/s1. The van der Waals surface area contributed by atoms with E-state index in [-0.39, 0.29) is 0 Å². The van der Waals surface area contributed by atoms with E-state index in [0.29, 0.717) is 6.04 Å².